The molecule has 0 bridgehead atoms. The molecular formula is C13H12O6S3. The van der Waals surface area contributed by atoms with Crippen LogP contribution in [-0.4, -0.2) is 29.5 Å². The van der Waals surface area contributed by atoms with Gasteiger partial charge in [0.2, 0.25) is 19.7 Å². The SMILES string of the molecule is O=S(O)C(S(=O)(=O)c1ccccc1)S(=O)(=O)c1ccccc1. The maximum absolute atomic E-state index is 12.5. The highest BCUT2D eigenvalue weighted by Gasteiger charge is 2.44. The average molecular weight is 360 g/mol. The molecule has 0 aromatic heterocycles. The lowest BCUT2D eigenvalue weighted by molar-refractivity contribution is 0.555. The minimum Gasteiger partial charge on any atom is -0.304 e. The summed E-state index contributed by atoms with van der Waals surface area (Å²) in [5, 5.41) is 0. The quantitative estimate of drug-likeness (QED) is 0.809. The fourth-order valence-electron chi connectivity index (χ4n) is 1.83. The van der Waals surface area contributed by atoms with Gasteiger partial charge >= 0.3 is 0 Å². The first-order valence-corrected chi connectivity index (χ1v) is 10.2. The molecule has 6 nitrogen and oxygen atoms in total. The van der Waals surface area contributed by atoms with Gasteiger partial charge in [0, 0.05) is 0 Å². The van der Waals surface area contributed by atoms with Crippen LogP contribution in [0, 0.1) is 0 Å². The van der Waals surface area contributed by atoms with Gasteiger partial charge in [-0.25, -0.2) is 21.0 Å². The molecule has 0 aliphatic heterocycles. The van der Waals surface area contributed by atoms with Crippen LogP contribution in [0.25, 0.3) is 0 Å². The van der Waals surface area contributed by atoms with Crippen LogP contribution in [0.1, 0.15) is 0 Å². The van der Waals surface area contributed by atoms with Gasteiger partial charge in [0.15, 0.2) is 11.1 Å². The number of hydrogen-bond donors (Lipinski definition) is 1. The van der Waals surface area contributed by atoms with Gasteiger partial charge in [-0.3, -0.25) is 0 Å². The summed E-state index contributed by atoms with van der Waals surface area (Å²) in [6, 6.07) is 13.4. The third-order valence-electron chi connectivity index (χ3n) is 2.81. The normalized spacial score (nSPS) is 13.9. The lowest BCUT2D eigenvalue weighted by Crippen LogP contribution is -2.34. The molecule has 0 heterocycles. The molecule has 22 heavy (non-hydrogen) atoms. The van der Waals surface area contributed by atoms with Gasteiger partial charge in [-0.1, -0.05) is 36.4 Å². The van der Waals surface area contributed by atoms with Gasteiger partial charge in [0.1, 0.15) is 0 Å². The second kappa shape index (κ2) is 6.29. The van der Waals surface area contributed by atoms with E-state index in [-0.39, 0.29) is 9.79 Å². The summed E-state index contributed by atoms with van der Waals surface area (Å²) in [6.07, 6.45) is 0. The van der Waals surface area contributed by atoms with Crippen LogP contribution in [-0.2, 0) is 30.8 Å². The summed E-state index contributed by atoms with van der Waals surface area (Å²) in [7, 11) is -9.09. The molecule has 9 heteroatoms. The maximum atomic E-state index is 12.5. The van der Waals surface area contributed by atoms with Crippen molar-refractivity contribution >= 4 is 30.8 Å². The molecule has 0 amide bonds. The van der Waals surface area contributed by atoms with E-state index in [1.165, 1.54) is 48.5 Å². The molecule has 118 valence electrons. The highest BCUT2D eigenvalue weighted by Crippen LogP contribution is 2.27. The maximum Gasteiger partial charge on any atom is 0.270 e. The van der Waals surface area contributed by atoms with Crippen LogP contribution in [0.3, 0.4) is 0 Å². The van der Waals surface area contributed by atoms with Crippen LogP contribution < -0.4 is 0 Å². The lowest BCUT2D eigenvalue weighted by atomic mass is 10.4. The number of hydrogen-bond acceptors (Lipinski definition) is 5. The molecule has 0 aliphatic rings. The minimum atomic E-state index is -4.54. The molecule has 0 saturated heterocycles. The fourth-order valence-corrected chi connectivity index (χ4v) is 7.74. The molecule has 0 saturated carbocycles. The summed E-state index contributed by atoms with van der Waals surface area (Å²) in [6.45, 7) is 0. The second-order valence-corrected chi connectivity index (χ2v) is 10.3. The minimum absolute atomic E-state index is 0.332. The number of benzene rings is 2. The van der Waals surface area contributed by atoms with E-state index in [1.54, 1.807) is 12.1 Å². The molecule has 1 unspecified atom stereocenters. The van der Waals surface area contributed by atoms with Crippen molar-refractivity contribution in [1.82, 2.24) is 0 Å². The van der Waals surface area contributed by atoms with Crippen molar-refractivity contribution < 1.29 is 25.6 Å². The van der Waals surface area contributed by atoms with Crippen molar-refractivity contribution in [2.75, 3.05) is 0 Å². The summed E-state index contributed by atoms with van der Waals surface area (Å²) >= 11 is -3.12. The Morgan fingerprint density at radius 1 is 0.727 bits per heavy atom. The van der Waals surface area contributed by atoms with E-state index < -0.39 is 34.7 Å². The number of sulfone groups is 2. The molecule has 0 aliphatic carbocycles. The Bertz CT molecular complexity index is 804. The molecular weight excluding hydrogens is 348 g/mol. The molecule has 1 N–H and O–H groups in total. The third kappa shape index (κ3) is 3.12. The predicted molar refractivity (Wildman–Crippen MR) is 81.8 cm³/mol. The van der Waals surface area contributed by atoms with Crippen molar-refractivity contribution in [2.24, 2.45) is 0 Å². The zero-order chi connectivity index (χ0) is 16.4. The van der Waals surface area contributed by atoms with E-state index in [4.69, 9.17) is 0 Å². The monoisotopic (exact) mass is 360 g/mol. The predicted octanol–water partition coefficient (Wildman–Crippen LogP) is 1.44. The fraction of sp³-hybridized carbons (Fsp3) is 0.0769. The second-order valence-electron chi connectivity index (χ2n) is 4.28. The zero-order valence-corrected chi connectivity index (χ0v) is 13.5. The van der Waals surface area contributed by atoms with E-state index in [0.29, 0.717) is 0 Å². The first-order chi connectivity index (χ1) is 10.3. The smallest absolute Gasteiger partial charge is 0.270 e. The van der Waals surface area contributed by atoms with E-state index in [9.17, 15) is 25.6 Å². The van der Waals surface area contributed by atoms with E-state index in [1.807, 2.05) is 0 Å². The number of rotatable bonds is 5. The van der Waals surface area contributed by atoms with Crippen LogP contribution in [0.2, 0.25) is 0 Å². The Kier molecular flexibility index (Phi) is 4.81. The van der Waals surface area contributed by atoms with E-state index >= 15 is 0 Å². The first-order valence-electron chi connectivity index (χ1n) is 5.95. The van der Waals surface area contributed by atoms with Crippen molar-refractivity contribution in [2.45, 2.75) is 13.7 Å². The first kappa shape index (κ1) is 16.8. The van der Waals surface area contributed by atoms with Gasteiger partial charge in [0.25, 0.3) is 3.91 Å². The topological polar surface area (TPSA) is 106 Å². The largest absolute Gasteiger partial charge is 0.304 e. The summed E-state index contributed by atoms with van der Waals surface area (Å²) in [4.78, 5) is -0.663. The van der Waals surface area contributed by atoms with Gasteiger partial charge in [-0.05, 0) is 24.3 Å². The highest BCUT2D eigenvalue weighted by molar-refractivity contribution is 8.21. The van der Waals surface area contributed by atoms with Crippen LogP contribution >= 0.6 is 0 Å². The summed E-state index contributed by atoms with van der Waals surface area (Å²) in [5.41, 5.74) is 0. The average Bonchev–Trinajstić information content (AvgIpc) is 2.48. The van der Waals surface area contributed by atoms with Crippen molar-refractivity contribution in [3.8, 4) is 0 Å². The summed E-state index contributed by atoms with van der Waals surface area (Å²) < 4.78 is 68.2. The van der Waals surface area contributed by atoms with E-state index in [0.717, 1.165) is 0 Å². The molecule has 0 fully saturated rings. The Labute approximate surface area is 130 Å². The van der Waals surface area contributed by atoms with Gasteiger partial charge in [-0.15, -0.1) is 0 Å². The highest BCUT2D eigenvalue weighted by atomic mass is 32.3. The summed E-state index contributed by atoms with van der Waals surface area (Å²) in [5.74, 6) is 0. The molecule has 0 radical (unpaired) electrons. The molecule has 0 spiro atoms. The Morgan fingerprint density at radius 2 is 1.05 bits per heavy atom. The Balaban J connectivity index is 2.65. The standard InChI is InChI=1S/C13H12O6S3/c14-20(15)13(21(16,17)11-7-3-1-4-8-11)22(18,19)12-9-5-2-6-10-12/h1-10,13H,(H,14,15). The van der Waals surface area contributed by atoms with Crippen LogP contribution in [0.5, 0.6) is 0 Å². The van der Waals surface area contributed by atoms with E-state index in [2.05, 4.69) is 0 Å². The van der Waals surface area contributed by atoms with Gasteiger partial charge in [-0.2, -0.15) is 0 Å². The third-order valence-corrected chi connectivity index (χ3v) is 10.0. The Hall–Kier alpha value is -1.55. The molecule has 2 aromatic rings. The van der Waals surface area contributed by atoms with Crippen LogP contribution in [0.4, 0.5) is 0 Å². The van der Waals surface area contributed by atoms with Crippen molar-refractivity contribution in [3.63, 3.8) is 0 Å². The van der Waals surface area contributed by atoms with Crippen LogP contribution in [0.15, 0.2) is 70.5 Å². The van der Waals surface area contributed by atoms with Gasteiger partial charge < -0.3 is 4.55 Å². The Morgan fingerprint density at radius 3 is 1.32 bits per heavy atom. The van der Waals surface area contributed by atoms with Gasteiger partial charge in [0.05, 0.1) is 9.79 Å². The zero-order valence-electron chi connectivity index (χ0n) is 11.1. The molecule has 2 rings (SSSR count). The van der Waals surface area contributed by atoms with Crippen molar-refractivity contribution in [1.29, 1.82) is 0 Å². The lowest BCUT2D eigenvalue weighted by Gasteiger charge is -2.15. The molecule has 2 aromatic carbocycles. The molecule has 1 atom stereocenters. The van der Waals surface area contributed by atoms with Crippen molar-refractivity contribution in [3.05, 3.63) is 60.7 Å².